The number of carbonyl (C=O) groups is 1. The summed E-state index contributed by atoms with van der Waals surface area (Å²) in [5, 5.41) is 9.14. The molecule has 0 aromatic carbocycles. The first kappa shape index (κ1) is 13.2. The van der Waals surface area contributed by atoms with Crippen LogP contribution in [0, 0.1) is 0 Å². The van der Waals surface area contributed by atoms with Gasteiger partial charge in [0, 0.05) is 12.1 Å². The number of pyridine rings is 1. The van der Waals surface area contributed by atoms with E-state index in [-0.39, 0.29) is 6.03 Å². The molecule has 0 aliphatic heterocycles. The highest BCUT2D eigenvalue weighted by Gasteiger charge is 2.23. The molecule has 2 aliphatic rings. The lowest BCUT2D eigenvalue weighted by Gasteiger charge is -2.23. The van der Waals surface area contributed by atoms with Crippen molar-refractivity contribution < 1.29 is 4.79 Å². The number of hydrogen-bond acceptors (Lipinski definition) is 3. The van der Waals surface area contributed by atoms with Gasteiger partial charge in [0.05, 0.1) is 11.9 Å². The molecule has 5 heteroatoms. The fourth-order valence-electron chi connectivity index (χ4n) is 2.60. The molecule has 1 aromatic rings. The normalized spacial score (nSPS) is 19.4. The fraction of sp³-hybridized carbons (Fsp3) is 0.600. The minimum absolute atomic E-state index is 0.159. The molecule has 108 valence electrons. The van der Waals surface area contributed by atoms with Gasteiger partial charge in [-0.25, -0.2) is 9.78 Å². The van der Waals surface area contributed by atoms with Gasteiger partial charge in [-0.3, -0.25) is 5.32 Å². The van der Waals surface area contributed by atoms with E-state index in [0.29, 0.717) is 17.9 Å². The largest absolute Gasteiger partial charge is 0.381 e. The zero-order chi connectivity index (χ0) is 13.8. The molecule has 5 nitrogen and oxygen atoms in total. The first-order chi connectivity index (χ1) is 9.79. The number of anilines is 2. The van der Waals surface area contributed by atoms with E-state index in [9.17, 15) is 4.79 Å². The summed E-state index contributed by atoms with van der Waals surface area (Å²) in [6, 6.07) is 4.60. The molecular formula is C15H22N4O. The first-order valence-electron chi connectivity index (χ1n) is 7.60. The summed E-state index contributed by atoms with van der Waals surface area (Å²) in [6.07, 6.45) is 10.4. The predicted octanol–water partition coefficient (Wildman–Crippen LogP) is 3.11. The molecule has 2 fully saturated rings. The zero-order valence-corrected chi connectivity index (χ0v) is 11.7. The molecule has 2 saturated carbocycles. The second-order valence-electron chi connectivity index (χ2n) is 5.78. The van der Waals surface area contributed by atoms with Gasteiger partial charge in [0.15, 0.2) is 0 Å². The van der Waals surface area contributed by atoms with E-state index in [0.717, 1.165) is 18.5 Å². The SMILES string of the molecule is O=C(Nc1ccc(NC2CCCCC2)cn1)NC1CC1. The lowest BCUT2D eigenvalue weighted by Crippen LogP contribution is -2.30. The van der Waals surface area contributed by atoms with Crippen molar-refractivity contribution in [1.29, 1.82) is 0 Å². The van der Waals surface area contributed by atoms with Crippen LogP contribution in [0.2, 0.25) is 0 Å². The molecule has 2 aliphatic carbocycles. The summed E-state index contributed by atoms with van der Waals surface area (Å²) in [6.45, 7) is 0. The first-order valence-corrected chi connectivity index (χ1v) is 7.60. The summed E-state index contributed by atoms with van der Waals surface area (Å²) in [5.74, 6) is 0.595. The van der Waals surface area contributed by atoms with Crippen molar-refractivity contribution in [2.75, 3.05) is 10.6 Å². The quantitative estimate of drug-likeness (QED) is 0.790. The Hall–Kier alpha value is -1.78. The number of nitrogens with one attached hydrogen (secondary N) is 3. The molecule has 0 unspecified atom stereocenters. The Morgan fingerprint density at radius 2 is 1.85 bits per heavy atom. The second-order valence-corrected chi connectivity index (χ2v) is 5.78. The van der Waals surface area contributed by atoms with Crippen molar-refractivity contribution in [3.8, 4) is 0 Å². The molecular weight excluding hydrogens is 252 g/mol. The predicted molar refractivity (Wildman–Crippen MR) is 79.9 cm³/mol. The van der Waals surface area contributed by atoms with Crippen LogP contribution < -0.4 is 16.0 Å². The highest BCUT2D eigenvalue weighted by molar-refractivity contribution is 5.88. The topological polar surface area (TPSA) is 66.0 Å². The average Bonchev–Trinajstić information content (AvgIpc) is 3.26. The minimum Gasteiger partial charge on any atom is -0.381 e. The standard InChI is InChI=1S/C15H22N4O/c20-15(18-12-6-7-12)19-14-9-8-13(10-16-14)17-11-4-2-1-3-5-11/h8-12,17H,1-7H2,(H2,16,18,19,20). The lowest BCUT2D eigenvalue weighted by molar-refractivity contribution is 0.251. The van der Waals surface area contributed by atoms with Gasteiger partial charge in [-0.1, -0.05) is 19.3 Å². The lowest BCUT2D eigenvalue weighted by atomic mass is 9.95. The third-order valence-corrected chi connectivity index (χ3v) is 3.89. The summed E-state index contributed by atoms with van der Waals surface area (Å²) >= 11 is 0. The van der Waals surface area contributed by atoms with Gasteiger partial charge < -0.3 is 10.6 Å². The van der Waals surface area contributed by atoms with Crippen LogP contribution in [0.1, 0.15) is 44.9 Å². The molecule has 3 N–H and O–H groups in total. The van der Waals surface area contributed by atoms with Crippen LogP contribution in [0.4, 0.5) is 16.3 Å². The van der Waals surface area contributed by atoms with Crippen molar-refractivity contribution in [2.24, 2.45) is 0 Å². The van der Waals surface area contributed by atoms with E-state index in [2.05, 4.69) is 20.9 Å². The molecule has 1 heterocycles. The van der Waals surface area contributed by atoms with Gasteiger partial charge in [0.1, 0.15) is 5.82 Å². The Morgan fingerprint density at radius 3 is 2.50 bits per heavy atom. The van der Waals surface area contributed by atoms with Crippen molar-refractivity contribution in [1.82, 2.24) is 10.3 Å². The van der Waals surface area contributed by atoms with Gasteiger partial charge in [-0.2, -0.15) is 0 Å². The summed E-state index contributed by atoms with van der Waals surface area (Å²) in [4.78, 5) is 15.9. The van der Waals surface area contributed by atoms with E-state index >= 15 is 0 Å². The summed E-state index contributed by atoms with van der Waals surface area (Å²) in [5.41, 5.74) is 1.03. The van der Waals surface area contributed by atoms with Crippen molar-refractivity contribution in [2.45, 2.75) is 57.0 Å². The molecule has 0 saturated heterocycles. The molecule has 0 atom stereocenters. The Balaban J connectivity index is 1.49. The number of urea groups is 1. The van der Waals surface area contributed by atoms with E-state index < -0.39 is 0 Å². The van der Waals surface area contributed by atoms with Crippen LogP contribution in [0.15, 0.2) is 18.3 Å². The zero-order valence-electron chi connectivity index (χ0n) is 11.7. The third-order valence-electron chi connectivity index (χ3n) is 3.89. The molecule has 2 amide bonds. The smallest absolute Gasteiger partial charge is 0.320 e. The van der Waals surface area contributed by atoms with Gasteiger partial charge in [-0.05, 0) is 37.8 Å². The number of aromatic nitrogens is 1. The maximum absolute atomic E-state index is 11.6. The van der Waals surface area contributed by atoms with Crippen LogP contribution in [-0.4, -0.2) is 23.1 Å². The number of amides is 2. The van der Waals surface area contributed by atoms with Crippen molar-refractivity contribution in [3.63, 3.8) is 0 Å². The second kappa shape index (κ2) is 6.11. The molecule has 1 aromatic heterocycles. The van der Waals surface area contributed by atoms with Crippen LogP contribution in [0.5, 0.6) is 0 Å². The summed E-state index contributed by atoms with van der Waals surface area (Å²) in [7, 11) is 0. The Bertz CT molecular complexity index is 449. The van der Waals surface area contributed by atoms with Crippen LogP contribution >= 0.6 is 0 Å². The molecule has 0 spiro atoms. The number of hydrogen-bond donors (Lipinski definition) is 3. The maximum Gasteiger partial charge on any atom is 0.320 e. The molecule has 3 rings (SSSR count). The van der Waals surface area contributed by atoms with Gasteiger partial charge in [0.25, 0.3) is 0 Å². The fourth-order valence-corrected chi connectivity index (χ4v) is 2.60. The average molecular weight is 274 g/mol. The van der Waals surface area contributed by atoms with Crippen LogP contribution in [-0.2, 0) is 0 Å². The van der Waals surface area contributed by atoms with E-state index in [1.807, 2.05) is 12.1 Å². The monoisotopic (exact) mass is 274 g/mol. The Morgan fingerprint density at radius 1 is 1.05 bits per heavy atom. The molecule has 0 radical (unpaired) electrons. The van der Waals surface area contributed by atoms with Crippen molar-refractivity contribution >= 4 is 17.5 Å². The van der Waals surface area contributed by atoms with E-state index in [1.165, 1.54) is 32.1 Å². The van der Waals surface area contributed by atoms with Crippen LogP contribution in [0.3, 0.4) is 0 Å². The highest BCUT2D eigenvalue weighted by atomic mass is 16.2. The van der Waals surface area contributed by atoms with E-state index in [4.69, 9.17) is 0 Å². The molecule has 20 heavy (non-hydrogen) atoms. The van der Waals surface area contributed by atoms with Crippen molar-refractivity contribution in [3.05, 3.63) is 18.3 Å². The Labute approximate surface area is 119 Å². The third kappa shape index (κ3) is 3.85. The number of rotatable bonds is 4. The Kier molecular flexibility index (Phi) is 4.04. The minimum atomic E-state index is -0.159. The number of nitrogens with zero attached hydrogens (tertiary/aromatic N) is 1. The van der Waals surface area contributed by atoms with Gasteiger partial charge >= 0.3 is 6.03 Å². The summed E-state index contributed by atoms with van der Waals surface area (Å²) < 4.78 is 0. The van der Waals surface area contributed by atoms with Crippen LogP contribution in [0.25, 0.3) is 0 Å². The van der Waals surface area contributed by atoms with Gasteiger partial charge in [-0.15, -0.1) is 0 Å². The highest BCUT2D eigenvalue weighted by Crippen LogP contribution is 2.22. The number of carbonyl (C=O) groups excluding carboxylic acids is 1. The van der Waals surface area contributed by atoms with E-state index in [1.54, 1.807) is 6.20 Å². The maximum atomic E-state index is 11.6. The van der Waals surface area contributed by atoms with Gasteiger partial charge in [0.2, 0.25) is 0 Å². The molecule has 0 bridgehead atoms.